The molecule has 1 amide bonds. The normalized spacial score (nSPS) is 12.2. The van der Waals surface area contributed by atoms with Crippen molar-refractivity contribution in [3.05, 3.63) is 48.2 Å². The highest BCUT2D eigenvalue weighted by Gasteiger charge is 2.22. The lowest BCUT2D eigenvalue weighted by Crippen LogP contribution is -2.23. The summed E-state index contributed by atoms with van der Waals surface area (Å²) in [6, 6.07) is 6.41. The van der Waals surface area contributed by atoms with Crippen molar-refractivity contribution in [2.24, 2.45) is 0 Å². The first-order valence-corrected chi connectivity index (χ1v) is 8.77. The maximum Gasteiger partial charge on any atom is 0.237 e. The summed E-state index contributed by atoms with van der Waals surface area (Å²) in [7, 11) is 0. The van der Waals surface area contributed by atoms with Crippen LogP contribution in [0.25, 0.3) is 11.6 Å². The lowest BCUT2D eigenvalue weighted by atomic mass is 10.3. The van der Waals surface area contributed by atoms with E-state index in [2.05, 4.69) is 15.5 Å². The summed E-state index contributed by atoms with van der Waals surface area (Å²) in [6.45, 7) is 4.16. The van der Waals surface area contributed by atoms with Gasteiger partial charge in [0.1, 0.15) is 11.6 Å². The van der Waals surface area contributed by atoms with Gasteiger partial charge in [-0.15, -0.1) is 10.2 Å². The Morgan fingerprint density at radius 2 is 2.15 bits per heavy atom. The summed E-state index contributed by atoms with van der Waals surface area (Å²) in [4.78, 5) is 12.3. The first-order chi connectivity index (χ1) is 12.5. The number of hydrogen-bond donors (Lipinski definition) is 1. The number of anilines is 1. The van der Waals surface area contributed by atoms with Crippen molar-refractivity contribution in [2.75, 3.05) is 5.32 Å². The van der Waals surface area contributed by atoms with E-state index in [4.69, 9.17) is 4.42 Å². The van der Waals surface area contributed by atoms with E-state index in [1.54, 1.807) is 25.3 Å². The van der Waals surface area contributed by atoms with Crippen LogP contribution in [0.1, 0.15) is 13.8 Å². The summed E-state index contributed by atoms with van der Waals surface area (Å²) >= 11 is 1.17. The Morgan fingerprint density at radius 1 is 1.35 bits per heavy atom. The van der Waals surface area contributed by atoms with Crippen molar-refractivity contribution in [3.8, 4) is 11.6 Å². The molecule has 0 saturated heterocycles. The Morgan fingerprint density at radius 3 is 2.85 bits per heavy atom. The summed E-state index contributed by atoms with van der Waals surface area (Å²) < 4.78 is 34.1. The number of benzene rings is 1. The smallest absolute Gasteiger partial charge is 0.237 e. The quantitative estimate of drug-likeness (QED) is 0.658. The average Bonchev–Trinajstić information content (AvgIpc) is 3.27. The van der Waals surface area contributed by atoms with Crippen LogP contribution in [0, 0.1) is 11.6 Å². The van der Waals surface area contributed by atoms with Crippen LogP contribution in [0.3, 0.4) is 0 Å². The van der Waals surface area contributed by atoms with Gasteiger partial charge in [-0.1, -0.05) is 11.8 Å². The molecule has 2 aromatic heterocycles. The minimum Gasteiger partial charge on any atom is -0.461 e. The molecule has 1 unspecified atom stereocenters. The number of furan rings is 1. The maximum atomic E-state index is 13.7. The number of hydrogen-bond acceptors (Lipinski definition) is 5. The molecule has 0 aliphatic heterocycles. The van der Waals surface area contributed by atoms with Crippen LogP contribution in [-0.4, -0.2) is 25.9 Å². The third-order valence-electron chi connectivity index (χ3n) is 3.61. The number of halogens is 2. The predicted molar refractivity (Wildman–Crippen MR) is 93.7 cm³/mol. The van der Waals surface area contributed by atoms with Crippen molar-refractivity contribution < 1.29 is 18.0 Å². The van der Waals surface area contributed by atoms with Crippen LogP contribution in [0.15, 0.2) is 46.2 Å². The minimum atomic E-state index is -0.700. The number of aromatic nitrogens is 3. The van der Waals surface area contributed by atoms with E-state index in [0.717, 1.165) is 18.2 Å². The first-order valence-electron chi connectivity index (χ1n) is 7.89. The van der Waals surface area contributed by atoms with Gasteiger partial charge in [0.25, 0.3) is 0 Å². The second-order valence-corrected chi connectivity index (χ2v) is 6.71. The predicted octanol–water partition coefficient (Wildman–Crippen LogP) is 3.96. The lowest BCUT2D eigenvalue weighted by molar-refractivity contribution is -0.115. The monoisotopic (exact) mass is 378 g/mol. The average molecular weight is 378 g/mol. The molecular weight excluding hydrogens is 362 g/mol. The lowest BCUT2D eigenvalue weighted by Gasteiger charge is -2.13. The molecule has 0 bridgehead atoms. The van der Waals surface area contributed by atoms with Gasteiger partial charge in [-0.05, 0) is 38.1 Å². The molecule has 0 aliphatic carbocycles. The van der Waals surface area contributed by atoms with E-state index >= 15 is 0 Å². The Bertz CT molecular complexity index is 912. The molecule has 0 radical (unpaired) electrons. The van der Waals surface area contributed by atoms with E-state index in [-0.39, 0.29) is 5.69 Å². The number of carbonyl (C=O) groups is 1. The molecule has 3 rings (SSSR count). The summed E-state index contributed by atoms with van der Waals surface area (Å²) in [6.07, 6.45) is 1.54. The zero-order chi connectivity index (χ0) is 18.7. The molecule has 136 valence electrons. The topological polar surface area (TPSA) is 73.0 Å². The maximum absolute atomic E-state index is 13.7. The molecule has 26 heavy (non-hydrogen) atoms. The number of carbonyl (C=O) groups excluding carboxylic acids is 1. The molecule has 1 aromatic carbocycles. The third kappa shape index (κ3) is 3.77. The van der Waals surface area contributed by atoms with Gasteiger partial charge in [0.2, 0.25) is 5.91 Å². The largest absolute Gasteiger partial charge is 0.461 e. The molecule has 0 fully saturated rings. The van der Waals surface area contributed by atoms with Crippen LogP contribution >= 0.6 is 11.8 Å². The highest BCUT2D eigenvalue weighted by molar-refractivity contribution is 8.00. The van der Waals surface area contributed by atoms with E-state index in [0.29, 0.717) is 23.3 Å². The Labute approximate surface area is 152 Å². The second kappa shape index (κ2) is 7.69. The third-order valence-corrected chi connectivity index (χ3v) is 4.69. The molecule has 6 nitrogen and oxygen atoms in total. The fraction of sp³-hybridized carbons (Fsp3) is 0.235. The van der Waals surface area contributed by atoms with Gasteiger partial charge in [-0.2, -0.15) is 0 Å². The van der Waals surface area contributed by atoms with Gasteiger partial charge in [0.15, 0.2) is 16.7 Å². The van der Waals surface area contributed by atoms with Crippen molar-refractivity contribution in [1.82, 2.24) is 14.8 Å². The molecule has 0 spiro atoms. The van der Waals surface area contributed by atoms with Gasteiger partial charge >= 0.3 is 0 Å². The summed E-state index contributed by atoms with van der Waals surface area (Å²) in [5.74, 6) is -0.664. The Hall–Kier alpha value is -2.68. The highest BCUT2D eigenvalue weighted by atomic mass is 32.2. The zero-order valence-corrected chi connectivity index (χ0v) is 14.9. The van der Waals surface area contributed by atoms with Crippen molar-refractivity contribution >= 4 is 23.4 Å². The fourth-order valence-corrected chi connectivity index (χ4v) is 3.20. The standard InChI is InChI=1S/C17H16F2N4O2S/c1-3-23-15(14-5-4-8-25-14)21-22-17(23)26-10(2)16(24)20-13-9-11(18)6-7-12(13)19/h4-10H,3H2,1-2H3,(H,20,24). The van der Waals surface area contributed by atoms with Crippen LogP contribution in [-0.2, 0) is 11.3 Å². The fourth-order valence-electron chi connectivity index (χ4n) is 2.29. The van der Waals surface area contributed by atoms with Crippen LogP contribution in [0.4, 0.5) is 14.5 Å². The molecule has 2 heterocycles. The molecular formula is C17H16F2N4O2S. The van der Waals surface area contributed by atoms with E-state index in [9.17, 15) is 13.6 Å². The Balaban J connectivity index is 1.74. The number of rotatable bonds is 6. The van der Waals surface area contributed by atoms with Crippen LogP contribution in [0.2, 0.25) is 0 Å². The second-order valence-electron chi connectivity index (χ2n) is 5.40. The highest BCUT2D eigenvalue weighted by Crippen LogP contribution is 2.28. The molecule has 9 heteroatoms. The van der Waals surface area contributed by atoms with Crippen molar-refractivity contribution in [2.45, 2.75) is 30.8 Å². The number of amides is 1. The Kier molecular flexibility index (Phi) is 5.36. The number of nitrogens with one attached hydrogen (secondary N) is 1. The van der Waals surface area contributed by atoms with Crippen LogP contribution in [0.5, 0.6) is 0 Å². The van der Waals surface area contributed by atoms with Gasteiger partial charge < -0.3 is 9.73 Å². The molecule has 0 saturated carbocycles. The van der Waals surface area contributed by atoms with Crippen molar-refractivity contribution in [3.63, 3.8) is 0 Å². The number of thioether (sulfide) groups is 1. The van der Waals surface area contributed by atoms with Gasteiger partial charge in [-0.25, -0.2) is 8.78 Å². The van der Waals surface area contributed by atoms with E-state index in [1.807, 2.05) is 11.5 Å². The van der Waals surface area contributed by atoms with E-state index < -0.39 is 22.8 Å². The summed E-state index contributed by atoms with van der Waals surface area (Å²) in [5, 5.41) is 10.5. The molecule has 1 N–H and O–H groups in total. The summed E-state index contributed by atoms with van der Waals surface area (Å²) in [5.41, 5.74) is -0.198. The SMILES string of the molecule is CCn1c(SC(C)C(=O)Nc2cc(F)ccc2F)nnc1-c1ccco1. The van der Waals surface area contributed by atoms with Gasteiger partial charge in [-0.3, -0.25) is 9.36 Å². The van der Waals surface area contributed by atoms with Crippen LogP contribution < -0.4 is 5.32 Å². The first kappa shape index (κ1) is 18.1. The molecule has 1 atom stereocenters. The van der Waals surface area contributed by atoms with Gasteiger partial charge in [0, 0.05) is 12.6 Å². The minimum absolute atomic E-state index is 0.198. The van der Waals surface area contributed by atoms with Crippen molar-refractivity contribution in [1.29, 1.82) is 0 Å². The molecule has 0 aliphatic rings. The zero-order valence-electron chi connectivity index (χ0n) is 14.1. The van der Waals surface area contributed by atoms with Gasteiger partial charge in [0.05, 0.1) is 17.2 Å². The number of nitrogens with zero attached hydrogens (tertiary/aromatic N) is 3. The molecule has 3 aromatic rings. The van der Waals surface area contributed by atoms with E-state index in [1.165, 1.54) is 11.8 Å².